The highest BCUT2D eigenvalue weighted by Crippen LogP contribution is 2.22. The summed E-state index contributed by atoms with van der Waals surface area (Å²) in [5.74, 6) is -0.793. The largest absolute Gasteiger partial charge is 0.289 e. The fourth-order valence-corrected chi connectivity index (χ4v) is 2.14. The zero-order valence-corrected chi connectivity index (χ0v) is 11.5. The van der Waals surface area contributed by atoms with Crippen LogP contribution in [0.25, 0.3) is 0 Å². The van der Waals surface area contributed by atoms with E-state index in [1.54, 1.807) is 18.2 Å². The molecule has 2 aromatic carbocycles. The Kier molecular flexibility index (Phi) is 4.14. The van der Waals surface area contributed by atoms with Crippen molar-refractivity contribution in [3.8, 4) is 0 Å². The topological polar surface area (TPSA) is 54.5 Å². The average molecular weight is 293 g/mol. The van der Waals surface area contributed by atoms with Crippen molar-refractivity contribution >= 4 is 22.4 Å². The van der Waals surface area contributed by atoms with E-state index in [4.69, 9.17) is 0 Å². The van der Waals surface area contributed by atoms with Crippen LogP contribution >= 0.6 is 0 Å². The summed E-state index contributed by atoms with van der Waals surface area (Å²) in [7, 11) is -1.47. The molecule has 0 saturated heterocycles. The molecule has 0 aromatic heterocycles. The minimum Gasteiger partial charge on any atom is -0.289 e. The first-order chi connectivity index (χ1) is 9.50. The van der Waals surface area contributed by atoms with Crippen LogP contribution in [0.5, 0.6) is 0 Å². The lowest BCUT2D eigenvalue weighted by Crippen LogP contribution is -2.18. The predicted molar refractivity (Wildman–Crippen MR) is 75.0 cm³/mol. The molecule has 0 saturated carbocycles. The quantitative estimate of drug-likeness (QED) is 0.693. The second-order valence-corrected chi connectivity index (χ2v) is 5.19. The number of nitrogens with zero attached hydrogens (tertiary/aromatic N) is 1. The maximum atomic E-state index is 12.9. The molecule has 0 bridgehead atoms. The van der Waals surface area contributed by atoms with Crippen molar-refractivity contribution in [1.29, 1.82) is 0 Å². The minimum atomic E-state index is -2.83. The Labute approximate surface area is 117 Å². The zero-order chi connectivity index (χ0) is 14.7. The normalized spacial score (nSPS) is 10.6. The average Bonchev–Trinajstić information content (AvgIpc) is 2.46. The monoisotopic (exact) mass is 293 g/mol. The number of anilines is 1. The van der Waals surface area contributed by atoms with Crippen molar-refractivity contribution in [3.63, 3.8) is 0 Å². The standard InChI is InChI=1S/C14H12FNO3S/c1-16(20(18)19)13-5-3-2-4-12(13)14(17)10-6-8-11(15)9-7-10/h2-9,20H,1H3. The molecule has 0 heterocycles. The van der Waals surface area contributed by atoms with Gasteiger partial charge in [0.25, 0.3) is 0 Å². The highest BCUT2D eigenvalue weighted by atomic mass is 32.2. The van der Waals surface area contributed by atoms with E-state index in [2.05, 4.69) is 0 Å². The van der Waals surface area contributed by atoms with Crippen LogP contribution in [0.2, 0.25) is 0 Å². The van der Waals surface area contributed by atoms with E-state index in [1.165, 1.54) is 37.4 Å². The van der Waals surface area contributed by atoms with E-state index in [1.807, 2.05) is 0 Å². The number of halogens is 1. The van der Waals surface area contributed by atoms with Crippen molar-refractivity contribution in [1.82, 2.24) is 0 Å². The Morgan fingerprint density at radius 1 is 1.05 bits per heavy atom. The molecular weight excluding hydrogens is 281 g/mol. The fraction of sp³-hybridized carbons (Fsp3) is 0.0714. The van der Waals surface area contributed by atoms with Gasteiger partial charge in [-0.2, -0.15) is 0 Å². The third-order valence-corrected chi connectivity index (χ3v) is 3.55. The van der Waals surface area contributed by atoms with Crippen LogP contribution in [0, 0.1) is 5.82 Å². The van der Waals surface area contributed by atoms with Gasteiger partial charge in [0.05, 0.1) is 5.69 Å². The summed E-state index contributed by atoms with van der Waals surface area (Å²) >= 11 is 0. The Bertz CT molecular complexity index is 703. The van der Waals surface area contributed by atoms with Crippen molar-refractivity contribution < 1.29 is 17.6 Å². The van der Waals surface area contributed by atoms with Gasteiger partial charge in [-0.1, -0.05) is 12.1 Å². The molecule has 0 spiro atoms. The molecule has 2 rings (SSSR count). The molecule has 2 aromatic rings. The lowest BCUT2D eigenvalue weighted by atomic mass is 10.0. The van der Waals surface area contributed by atoms with Crippen molar-refractivity contribution in [2.24, 2.45) is 0 Å². The number of hydrogen-bond donors (Lipinski definition) is 1. The van der Waals surface area contributed by atoms with Crippen LogP contribution in [0.4, 0.5) is 10.1 Å². The van der Waals surface area contributed by atoms with Crippen LogP contribution in [-0.4, -0.2) is 21.2 Å². The van der Waals surface area contributed by atoms with Gasteiger partial charge in [0, 0.05) is 18.2 Å². The molecule has 0 unspecified atom stereocenters. The molecule has 6 heteroatoms. The van der Waals surface area contributed by atoms with Gasteiger partial charge < -0.3 is 0 Å². The second-order valence-electron chi connectivity index (χ2n) is 4.11. The molecule has 0 atom stereocenters. The molecular formula is C14H12FNO3S. The van der Waals surface area contributed by atoms with Crippen molar-refractivity contribution in [2.45, 2.75) is 0 Å². The summed E-state index contributed by atoms with van der Waals surface area (Å²) in [6.45, 7) is 0. The predicted octanol–water partition coefficient (Wildman–Crippen LogP) is 2.02. The summed E-state index contributed by atoms with van der Waals surface area (Å²) in [5.41, 5.74) is 0.840. The third kappa shape index (κ3) is 2.85. The van der Waals surface area contributed by atoms with Crippen LogP contribution in [-0.2, 0) is 10.9 Å². The summed E-state index contributed by atoms with van der Waals surface area (Å²) in [6.07, 6.45) is 0. The highest BCUT2D eigenvalue weighted by molar-refractivity contribution is 7.74. The minimum absolute atomic E-state index is 0.251. The number of thiol groups is 1. The first kappa shape index (κ1) is 14.2. The van der Waals surface area contributed by atoms with Gasteiger partial charge in [-0.15, -0.1) is 0 Å². The molecule has 0 amide bonds. The fourth-order valence-electron chi connectivity index (χ4n) is 1.79. The van der Waals surface area contributed by atoms with Gasteiger partial charge in [-0.3, -0.25) is 9.10 Å². The molecule has 4 nitrogen and oxygen atoms in total. The number of rotatable bonds is 4. The molecule has 20 heavy (non-hydrogen) atoms. The van der Waals surface area contributed by atoms with Gasteiger partial charge in [-0.25, -0.2) is 12.8 Å². The Balaban J connectivity index is 2.47. The lowest BCUT2D eigenvalue weighted by Gasteiger charge is -2.15. The molecule has 0 radical (unpaired) electrons. The second kappa shape index (κ2) is 5.83. The van der Waals surface area contributed by atoms with Gasteiger partial charge in [0.15, 0.2) is 5.78 Å². The zero-order valence-electron chi connectivity index (χ0n) is 10.6. The molecule has 104 valence electrons. The summed E-state index contributed by atoms with van der Waals surface area (Å²) in [4.78, 5) is 12.4. The maximum Gasteiger partial charge on any atom is 0.224 e. The number of hydrogen-bond acceptors (Lipinski definition) is 3. The van der Waals surface area contributed by atoms with E-state index in [0.717, 1.165) is 4.31 Å². The Hall–Kier alpha value is -2.21. The smallest absolute Gasteiger partial charge is 0.224 e. The van der Waals surface area contributed by atoms with E-state index < -0.39 is 16.7 Å². The summed E-state index contributed by atoms with van der Waals surface area (Å²) in [6, 6.07) is 11.5. The lowest BCUT2D eigenvalue weighted by molar-refractivity contribution is 0.103. The highest BCUT2D eigenvalue weighted by Gasteiger charge is 2.16. The van der Waals surface area contributed by atoms with Crippen LogP contribution < -0.4 is 4.31 Å². The van der Waals surface area contributed by atoms with Gasteiger partial charge in [0.1, 0.15) is 5.82 Å². The molecule has 0 aliphatic rings. The molecule has 0 fully saturated rings. The SMILES string of the molecule is CN(c1ccccc1C(=O)c1ccc(F)cc1)[SH](=O)=O. The van der Waals surface area contributed by atoms with Crippen molar-refractivity contribution in [2.75, 3.05) is 11.4 Å². The van der Waals surface area contributed by atoms with Crippen LogP contribution in [0.3, 0.4) is 0 Å². The van der Waals surface area contributed by atoms with E-state index in [-0.39, 0.29) is 17.0 Å². The Morgan fingerprint density at radius 2 is 1.65 bits per heavy atom. The van der Waals surface area contributed by atoms with E-state index >= 15 is 0 Å². The van der Waals surface area contributed by atoms with Gasteiger partial charge in [-0.05, 0) is 36.4 Å². The third-order valence-electron chi connectivity index (χ3n) is 2.85. The first-order valence-corrected chi connectivity index (χ1v) is 6.91. The number of benzene rings is 2. The maximum absolute atomic E-state index is 12.9. The van der Waals surface area contributed by atoms with Crippen LogP contribution in [0.1, 0.15) is 15.9 Å². The molecule has 0 N–H and O–H groups in total. The Morgan fingerprint density at radius 3 is 2.25 bits per heavy atom. The van der Waals surface area contributed by atoms with Gasteiger partial charge >= 0.3 is 0 Å². The number of ketones is 1. The number of carbonyl (C=O) groups excluding carboxylic acids is 1. The van der Waals surface area contributed by atoms with Gasteiger partial charge in [0.2, 0.25) is 10.9 Å². The van der Waals surface area contributed by atoms with Crippen LogP contribution in [0.15, 0.2) is 48.5 Å². The number of carbonyl (C=O) groups is 1. The number of para-hydroxylation sites is 1. The summed E-state index contributed by atoms with van der Waals surface area (Å²) < 4.78 is 36.0. The van der Waals surface area contributed by atoms with Crippen molar-refractivity contribution in [3.05, 3.63) is 65.5 Å². The summed E-state index contributed by atoms with van der Waals surface area (Å²) in [5, 5.41) is 0. The first-order valence-electron chi connectivity index (χ1n) is 5.78. The molecule has 0 aliphatic heterocycles. The van der Waals surface area contributed by atoms with E-state index in [9.17, 15) is 17.6 Å². The van der Waals surface area contributed by atoms with E-state index in [0.29, 0.717) is 5.56 Å². The molecule has 0 aliphatic carbocycles.